The van der Waals surface area contributed by atoms with Gasteiger partial charge < -0.3 is 92.0 Å². The lowest BCUT2D eigenvalue weighted by atomic mass is 10.00. The van der Waals surface area contributed by atoms with Crippen molar-refractivity contribution in [1.29, 1.82) is 0 Å². The molecule has 9 N–H and O–H groups in total. The van der Waals surface area contributed by atoms with Crippen LogP contribution in [0.1, 0.15) is 46.2 Å². The number of phenolic OH excluding ortho intramolecular Hbond substituents is 4. The topological polar surface area (TPSA) is 499 Å². The second kappa shape index (κ2) is 53.3. The van der Waals surface area contributed by atoms with E-state index in [4.69, 9.17) is 84.1 Å². The molecule has 0 unspecified atom stereocenters. The Kier molecular flexibility index (Phi) is 40.6. The van der Waals surface area contributed by atoms with Crippen molar-refractivity contribution < 1.29 is 134 Å². The Morgan fingerprint density at radius 2 is 0.855 bits per heavy atom. The van der Waals surface area contributed by atoms with Crippen LogP contribution in [0, 0.1) is 0 Å². The number of para-hydroxylation sites is 9. The molecule has 0 aliphatic carbocycles. The van der Waals surface area contributed by atoms with Gasteiger partial charge >= 0.3 is 18.2 Å². The largest absolute Gasteiger partial charge is 0.508 e. The number of sulfone groups is 1. The van der Waals surface area contributed by atoms with Gasteiger partial charge in [0.1, 0.15) is 95.1 Å². The minimum Gasteiger partial charge on any atom is -0.508 e. The summed E-state index contributed by atoms with van der Waals surface area (Å²) in [5, 5.41) is 44.1. The first-order valence-corrected chi connectivity index (χ1v) is 51.3. The van der Waals surface area contributed by atoms with Crippen molar-refractivity contribution in [1.82, 2.24) is 20.6 Å². The molecule has 145 heavy (non-hydrogen) atoms. The quantitative estimate of drug-likeness (QED) is 0.0105. The van der Waals surface area contributed by atoms with Gasteiger partial charge in [-0.25, -0.2) is 53.2 Å². The van der Waals surface area contributed by atoms with Gasteiger partial charge in [0.15, 0.2) is 39.9 Å². The average molecular weight is 2170 g/mol. The second-order valence-electron chi connectivity index (χ2n) is 31.1. The van der Waals surface area contributed by atoms with E-state index >= 15 is 0 Å². The highest BCUT2D eigenvalue weighted by Crippen LogP contribution is 2.40. The standard InChI is InChI=1S/C25H26N2O6.C24H24N2O7.C14H14O4S.C13H12BrNO4S.C13H11Cl2NO4S.C13H13NO4S/c1-30-23-12-18(5-6-22(23)24-14-26-16-32-24)11-20(28)10-17-3-2-4-19(9-17)13-27-25(29)33-21-7-8-31-15-21;1-29-21-10-16(5-6-20(21)22-13-25-15-31-22)11-23(27)32-18-4-2-3-17(9-18)12-26-24(28)33-19-7-8-30-14-19;1-18-13-8-4-5-9-14(13)19(16,17)10-11-6-2-3-7-12(11)15;1-19-12-7-6-9(14)8-13(12)20(17,18)15-10-4-2-3-5-11(10)16;1-20-11-5-3-2-4-10(11)16-21(18,19)12-7-8(14)6-9(15)13(12)17;1-18-12-8-4-2-6-10(12)14-19(16,17)13-9-5-3-7-11(13)15/h2-6,9,12,14,16,21H,7-8,10-11,13,15H2,1H3,(H,27,29);2-6,9-10,13,15,19H,7-8,11-12,14H2,1H3,(H,26,28);2-9,15H,10H2,1H3;2-8,15-16H,1H3;2-7,16-17H,1H3;2-9,14-15H,1H3/t21-;19-;;;;/m00..../s1. The lowest BCUT2D eigenvalue weighted by Crippen LogP contribution is -2.28. The van der Waals surface area contributed by atoms with Crippen LogP contribution in [0.25, 0.3) is 22.6 Å². The van der Waals surface area contributed by atoms with Crippen LogP contribution < -0.4 is 58.0 Å². The molecule has 2 atom stereocenters. The maximum Gasteiger partial charge on any atom is 0.407 e. The Labute approximate surface area is 854 Å². The lowest BCUT2D eigenvalue weighted by molar-refractivity contribution is -0.133. The van der Waals surface area contributed by atoms with Gasteiger partial charge in [-0.3, -0.25) is 23.8 Å². The number of nitrogens with one attached hydrogen (secondary N) is 5. The molecule has 43 heteroatoms. The number of benzene rings is 12. The number of ether oxygens (including phenoxy) is 11. The number of carbonyl (C=O) groups is 4. The maximum absolute atomic E-state index is 12.7. The Balaban J connectivity index is 0.000000169. The number of alkyl carbamates (subject to hydrolysis) is 2. The second-order valence-corrected chi connectivity index (χ2v) is 39.7. The number of oxazole rings is 2. The van der Waals surface area contributed by atoms with Crippen LogP contribution in [0.3, 0.4) is 0 Å². The van der Waals surface area contributed by atoms with E-state index in [1.54, 1.807) is 160 Å². The van der Waals surface area contributed by atoms with E-state index in [0.29, 0.717) is 108 Å². The fourth-order valence-corrected chi connectivity index (χ4v) is 20.2. The van der Waals surface area contributed by atoms with Gasteiger partial charge in [0.25, 0.3) is 30.1 Å². The average Bonchev–Trinajstić information content (AvgIpc) is 1.29. The molecular formula is C102H100BrCl2N7O29S4. The van der Waals surface area contributed by atoms with Crippen LogP contribution in [0.2, 0.25) is 10.0 Å². The van der Waals surface area contributed by atoms with Crippen LogP contribution in [0.5, 0.6) is 63.2 Å². The summed E-state index contributed by atoms with van der Waals surface area (Å²) in [6, 6.07) is 70.3. The molecule has 0 bridgehead atoms. The van der Waals surface area contributed by atoms with Crippen LogP contribution in [-0.2, 0) is 107 Å². The number of rotatable bonds is 33. The zero-order valence-corrected chi connectivity index (χ0v) is 84.8. The summed E-state index contributed by atoms with van der Waals surface area (Å²) in [7, 11) is -6.54. The summed E-state index contributed by atoms with van der Waals surface area (Å²) in [6.07, 6.45) is 6.63. The monoisotopic (exact) mass is 2160 g/mol. The highest BCUT2D eigenvalue weighted by atomic mass is 79.9. The van der Waals surface area contributed by atoms with Crippen LogP contribution in [0.4, 0.5) is 26.7 Å². The third-order valence-corrected chi connectivity index (χ3v) is 27.7. The van der Waals surface area contributed by atoms with Crippen molar-refractivity contribution in [3.8, 4) is 85.9 Å². The van der Waals surface area contributed by atoms with Crippen molar-refractivity contribution in [3.63, 3.8) is 0 Å². The molecule has 2 amide bonds. The molecule has 0 radical (unpaired) electrons. The van der Waals surface area contributed by atoms with Crippen molar-refractivity contribution >= 4 is 120 Å². The summed E-state index contributed by atoms with van der Waals surface area (Å²) < 4.78 is 174. The number of phenols is 4. The highest BCUT2D eigenvalue weighted by molar-refractivity contribution is 9.10. The van der Waals surface area contributed by atoms with Crippen LogP contribution in [0.15, 0.2) is 319 Å². The molecule has 14 aromatic rings. The number of methoxy groups -OCH3 is 6. The summed E-state index contributed by atoms with van der Waals surface area (Å²) in [5.74, 6) is 2.39. The molecule has 2 fully saturated rings. The van der Waals surface area contributed by atoms with E-state index in [-0.39, 0.29) is 102 Å². The minimum absolute atomic E-state index is 0.0161. The van der Waals surface area contributed by atoms with E-state index in [1.165, 1.54) is 102 Å². The summed E-state index contributed by atoms with van der Waals surface area (Å²) in [6.45, 7) is 2.66. The van der Waals surface area contributed by atoms with Crippen LogP contribution >= 0.6 is 39.1 Å². The van der Waals surface area contributed by atoms with Gasteiger partial charge in [0.2, 0.25) is 0 Å². The Morgan fingerprint density at radius 1 is 0.414 bits per heavy atom. The molecular weight excluding hydrogens is 2070 g/mol. The first-order chi connectivity index (χ1) is 69.6. The first kappa shape index (κ1) is 110. The summed E-state index contributed by atoms with van der Waals surface area (Å²) in [5.41, 5.74) is 6.70. The molecule has 762 valence electrons. The predicted octanol–water partition coefficient (Wildman–Crippen LogP) is 18.3. The molecule has 2 saturated heterocycles. The molecule has 2 aromatic heterocycles. The molecule has 16 rings (SSSR count). The zero-order chi connectivity index (χ0) is 104. The number of carbonyl (C=O) groups excluding carboxylic acids is 4. The van der Waals surface area contributed by atoms with Crippen molar-refractivity contribution in [2.24, 2.45) is 0 Å². The number of nitrogens with zero attached hydrogens (tertiary/aromatic N) is 2. The number of ketones is 1. The molecule has 0 saturated carbocycles. The lowest BCUT2D eigenvalue weighted by Gasteiger charge is -2.13. The predicted molar refractivity (Wildman–Crippen MR) is 542 cm³/mol. The van der Waals surface area contributed by atoms with Crippen molar-refractivity contribution in [2.45, 2.75) is 82.7 Å². The molecule has 4 heterocycles. The number of Topliss-reactive ketones (excluding diaryl/α,β-unsaturated/α-hetero) is 1. The number of aromatic nitrogens is 2. The fraction of sp³-hybridized carbons (Fsp3) is 0.196. The van der Waals surface area contributed by atoms with Crippen LogP contribution in [-0.4, -0.2) is 169 Å². The van der Waals surface area contributed by atoms with E-state index in [1.807, 2.05) is 60.7 Å². The molecule has 2 aliphatic heterocycles. The number of sulfonamides is 3. The number of hydrogen-bond donors (Lipinski definition) is 9. The number of aromatic hydroxyl groups is 4. The third kappa shape index (κ3) is 32.7. The van der Waals surface area contributed by atoms with Gasteiger partial charge in [-0.1, -0.05) is 167 Å². The van der Waals surface area contributed by atoms with Gasteiger partial charge in [-0.2, -0.15) is 0 Å². The van der Waals surface area contributed by atoms with Gasteiger partial charge in [-0.05, 0) is 161 Å². The SMILES string of the molecule is COc1cc(CC(=O)Cc2cccc(CNC(=O)O[C@H]3CCOC3)c2)ccc1-c1cnco1.COc1cc(CC(=O)Oc2cccc(CNC(=O)O[C@H]3CCOC3)c2)ccc1-c1cnco1.COc1ccc(Br)cc1S(=O)(=O)Nc1ccccc1O.COc1ccccc1NS(=O)(=O)c1cc(Cl)cc(Cl)c1O.COc1ccccc1NS(=O)(=O)c1ccccc1O.COc1ccccc1S(=O)(=O)Cc1ccccc1O. The number of amides is 2. The summed E-state index contributed by atoms with van der Waals surface area (Å²) in [4.78, 5) is 56.4. The number of hydrogen-bond acceptors (Lipinski definition) is 31. The summed E-state index contributed by atoms with van der Waals surface area (Å²) >= 11 is 14.7. The highest BCUT2D eigenvalue weighted by Gasteiger charge is 2.29. The van der Waals surface area contributed by atoms with Crippen molar-refractivity contribution in [3.05, 3.63) is 334 Å². The Morgan fingerprint density at radius 3 is 1.37 bits per heavy atom. The normalized spacial score (nSPS) is 13.0. The molecule has 0 spiro atoms. The van der Waals surface area contributed by atoms with Crippen molar-refractivity contribution in [2.75, 3.05) is 83.3 Å². The Bertz CT molecular complexity index is 7080. The smallest absolute Gasteiger partial charge is 0.407 e. The van der Waals surface area contributed by atoms with E-state index < -0.39 is 68.7 Å². The molecule has 12 aromatic carbocycles. The van der Waals surface area contributed by atoms with E-state index in [9.17, 15) is 73.3 Å². The Hall–Kier alpha value is -15.1. The minimum atomic E-state index is -4.07. The number of anilines is 3. The molecule has 2 aliphatic rings. The van der Waals surface area contributed by atoms with E-state index in [2.05, 4.69) is 50.7 Å². The fourth-order valence-electron chi connectivity index (χ4n) is 13.9. The molecule has 36 nitrogen and oxygen atoms in total. The van der Waals surface area contributed by atoms with Gasteiger partial charge in [0, 0.05) is 53.8 Å². The van der Waals surface area contributed by atoms with Gasteiger partial charge in [-0.15, -0.1) is 0 Å². The van der Waals surface area contributed by atoms with Gasteiger partial charge in [0.05, 0.1) is 127 Å². The zero-order valence-electron chi connectivity index (χ0n) is 78.4. The third-order valence-electron chi connectivity index (χ3n) is 20.8. The van der Waals surface area contributed by atoms with E-state index in [0.717, 1.165) is 51.4 Å². The first-order valence-electron chi connectivity index (χ1n) is 43.7. The maximum atomic E-state index is 12.7. The number of halogens is 3. The number of esters is 1.